The highest BCUT2D eigenvalue weighted by Gasteiger charge is 2.34. The maximum atomic E-state index is 15.2. The number of halogens is 1. The Balaban J connectivity index is 1.11. The Bertz CT molecular complexity index is 1620. The number of carbonyl (C=O) groups is 1. The number of ether oxygens (including phenoxy) is 2. The van der Waals surface area contributed by atoms with Crippen LogP contribution < -0.4 is 9.64 Å². The fraction of sp³-hybridized carbons (Fsp3) is 0.457. The average molecular weight is 631 g/mol. The van der Waals surface area contributed by atoms with Crippen molar-refractivity contribution in [1.82, 2.24) is 24.6 Å². The lowest BCUT2D eigenvalue weighted by atomic mass is 9.94. The third kappa shape index (κ3) is 7.04. The van der Waals surface area contributed by atoms with Crippen molar-refractivity contribution < 1.29 is 23.8 Å². The summed E-state index contributed by atoms with van der Waals surface area (Å²) in [5.74, 6) is 0.125. The summed E-state index contributed by atoms with van der Waals surface area (Å²) >= 11 is 0. The van der Waals surface area contributed by atoms with Gasteiger partial charge in [0, 0.05) is 63.7 Å². The molecule has 0 aliphatic carbocycles. The smallest absolute Gasteiger partial charge is 0.409 e. The predicted octanol–water partition coefficient (Wildman–Crippen LogP) is 5.64. The molecule has 2 unspecified atom stereocenters. The minimum atomic E-state index is -1.05. The van der Waals surface area contributed by atoms with Crippen molar-refractivity contribution in [3.63, 3.8) is 0 Å². The maximum absolute atomic E-state index is 15.2. The topological polar surface area (TPSA) is 96.2 Å². The van der Waals surface area contributed by atoms with Crippen molar-refractivity contribution in [2.75, 3.05) is 57.3 Å². The van der Waals surface area contributed by atoms with Gasteiger partial charge in [0.2, 0.25) is 11.8 Å². The Morgan fingerprint density at radius 2 is 1.83 bits per heavy atom. The van der Waals surface area contributed by atoms with Gasteiger partial charge >= 0.3 is 6.09 Å². The van der Waals surface area contributed by atoms with Crippen molar-refractivity contribution in [2.24, 2.45) is 13.0 Å². The van der Waals surface area contributed by atoms with E-state index in [9.17, 15) is 9.90 Å². The van der Waals surface area contributed by atoms with Crippen LogP contribution >= 0.6 is 0 Å². The number of hydrogen-bond acceptors (Lipinski definition) is 8. The number of aryl methyl sites for hydroxylation is 1. The molecule has 1 amide bonds. The standard InChI is InChI=1S/C35H43FN6O4/c1-3-4-21-45-35(44)42-16-15-26(29(36)23-42)22-40-17-19-41(20-18-40)30-12-8-11-27-32(38-39(2)33(27)30)28-13-14-31(43)37-34(28)46-24-25-9-6-5-7-10-25/h5-14,26,29H,3-4,15-24H2,1-2H3,(H,37,43). The van der Waals surface area contributed by atoms with Crippen LogP contribution in [0.5, 0.6) is 11.8 Å². The summed E-state index contributed by atoms with van der Waals surface area (Å²) in [6, 6.07) is 19.4. The SMILES string of the molecule is CCCCOC(=O)N1CCC(CN2CCN(c3cccc4c(-c5ccc(O)nc5OCc5ccccc5)nn(C)c34)CC2)C(F)C1. The van der Waals surface area contributed by atoms with Crippen LogP contribution in [0.3, 0.4) is 0 Å². The highest BCUT2D eigenvalue weighted by Crippen LogP contribution is 2.38. The van der Waals surface area contributed by atoms with E-state index in [0.29, 0.717) is 44.2 Å². The van der Waals surface area contributed by atoms with Crippen LogP contribution in [0.25, 0.3) is 22.2 Å². The number of piperazine rings is 1. The van der Waals surface area contributed by atoms with Crippen LogP contribution in [0.4, 0.5) is 14.9 Å². The molecule has 6 rings (SSSR count). The number of aromatic hydroxyl groups is 1. The third-order valence-corrected chi connectivity index (χ3v) is 9.03. The molecule has 46 heavy (non-hydrogen) atoms. The van der Waals surface area contributed by atoms with Gasteiger partial charge in [0.25, 0.3) is 0 Å². The molecule has 244 valence electrons. The van der Waals surface area contributed by atoms with Crippen molar-refractivity contribution in [2.45, 2.75) is 39.0 Å². The zero-order chi connectivity index (χ0) is 32.0. The highest BCUT2D eigenvalue weighted by atomic mass is 19.1. The molecule has 0 radical (unpaired) electrons. The van der Waals surface area contributed by atoms with Gasteiger partial charge in [-0.15, -0.1) is 0 Å². The number of rotatable bonds is 10. The van der Waals surface area contributed by atoms with E-state index < -0.39 is 12.3 Å². The van der Waals surface area contributed by atoms with E-state index in [-0.39, 0.29) is 18.3 Å². The Morgan fingerprint density at radius 1 is 1.02 bits per heavy atom. The van der Waals surface area contributed by atoms with E-state index in [1.807, 2.05) is 55.1 Å². The number of carbonyl (C=O) groups excluding carboxylic acids is 1. The van der Waals surface area contributed by atoms with Crippen LogP contribution in [0.2, 0.25) is 0 Å². The molecule has 0 bridgehead atoms. The van der Waals surface area contributed by atoms with Gasteiger partial charge in [0.15, 0.2) is 0 Å². The van der Waals surface area contributed by atoms with Gasteiger partial charge in [-0.3, -0.25) is 9.58 Å². The fourth-order valence-electron chi connectivity index (χ4n) is 6.44. The number of piperidine rings is 1. The lowest BCUT2D eigenvalue weighted by molar-refractivity contribution is 0.0424. The number of pyridine rings is 1. The van der Waals surface area contributed by atoms with Crippen molar-refractivity contribution in [1.29, 1.82) is 0 Å². The number of fused-ring (bicyclic) bond motifs is 1. The lowest BCUT2D eigenvalue weighted by Gasteiger charge is -2.40. The number of alkyl halides is 1. The van der Waals surface area contributed by atoms with Gasteiger partial charge in [-0.25, -0.2) is 9.18 Å². The van der Waals surface area contributed by atoms with Gasteiger partial charge in [-0.2, -0.15) is 10.1 Å². The Morgan fingerprint density at radius 3 is 2.59 bits per heavy atom. The molecule has 2 fully saturated rings. The largest absolute Gasteiger partial charge is 0.493 e. The number of hydrogen-bond donors (Lipinski definition) is 1. The Kier molecular flexibility index (Phi) is 9.87. The van der Waals surface area contributed by atoms with Crippen LogP contribution in [-0.2, 0) is 18.4 Å². The van der Waals surface area contributed by atoms with Crippen molar-refractivity contribution >= 4 is 22.7 Å². The minimum absolute atomic E-state index is 0.0912. The molecule has 2 saturated heterocycles. The zero-order valence-electron chi connectivity index (χ0n) is 26.6. The van der Waals surface area contributed by atoms with E-state index in [1.165, 1.54) is 4.90 Å². The monoisotopic (exact) mass is 630 g/mol. The van der Waals surface area contributed by atoms with Crippen LogP contribution in [0.1, 0.15) is 31.7 Å². The first-order valence-electron chi connectivity index (χ1n) is 16.3. The lowest BCUT2D eigenvalue weighted by Crippen LogP contribution is -2.52. The number of para-hydroxylation sites is 1. The molecular weight excluding hydrogens is 587 g/mol. The first-order valence-corrected chi connectivity index (χ1v) is 16.3. The van der Waals surface area contributed by atoms with Gasteiger partial charge in [-0.1, -0.05) is 55.8 Å². The molecule has 2 aromatic heterocycles. The summed E-state index contributed by atoms with van der Waals surface area (Å²) < 4.78 is 28.4. The molecule has 4 aromatic rings. The van der Waals surface area contributed by atoms with E-state index in [4.69, 9.17) is 14.6 Å². The second-order valence-electron chi connectivity index (χ2n) is 12.2. The van der Waals surface area contributed by atoms with E-state index in [2.05, 4.69) is 26.9 Å². The quantitative estimate of drug-likeness (QED) is 0.225. The van der Waals surface area contributed by atoms with Crippen molar-refractivity contribution in [3.05, 3.63) is 66.2 Å². The molecule has 2 aromatic carbocycles. The molecule has 4 heterocycles. The summed E-state index contributed by atoms with van der Waals surface area (Å²) in [6.07, 6.45) is 0.974. The highest BCUT2D eigenvalue weighted by molar-refractivity contribution is 6.01. The number of amides is 1. The summed E-state index contributed by atoms with van der Waals surface area (Å²) in [5, 5.41) is 16.0. The molecule has 2 aliphatic heterocycles. The van der Waals surface area contributed by atoms with E-state index in [1.54, 1.807) is 12.1 Å². The zero-order valence-corrected chi connectivity index (χ0v) is 26.6. The van der Waals surface area contributed by atoms with E-state index in [0.717, 1.165) is 66.9 Å². The van der Waals surface area contributed by atoms with Gasteiger partial charge in [0.1, 0.15) is 18.5 Å². The van der Waals surface area contributed by atoms with Gasteiger partial charge in [0.05, 0.1) is 29.9 Å². The van der Waals surface area contributed by atoms with Gasteiger partial charge < -0.3 is 24.4 Å². The summed E-state index contributed by atoms with van der Waals surface area (Å²) in [5.41, 5.74) is 4.55. The molecule has 0 saturated carbocycles. The summed E-state index contributed by atoms with van der Waals surface area (Å²) in [7, 11) is 1.94. The minimum Gasteiger partial charge on any atom is -0.493 e. The molecule has 2 aliphatic rings. The first kappa shape index (κ1) is 31.6. The maximum Gasteiger partial charge on any atom is 0.409 e. The molecule has 0 spiro atoms. The Hall–Kier alpha value is -4.38. The number of likely N-dealkylation sites (tertiary alicyclic amines) is 1. The van der Waals surface area contributed by atoms with Gasteiger partial charge in [-0.05, 0) is 30.5 Å². The summed E-state index contributed by atoms with van der Waals surface area (Å²) in [4.78, 5) is 22.8. The molecule has 10 nitrogen and oxygen atoms in total. The average Bonchev–Trinajstić information content (AvgIpc) is 3.41. The fourth-order valence-corrected chi connectivity index (χ4v) is 6.44. The number of benzene rings is 2. The number of aromatic nitrogens is 3. The second kappa shape index (κ2) is 14.4. The molecule has 11 heteroatoms. The predicted molar refractivity (Wildman–Crippen MR) is 176 cm³/mol. The molecule has 2 atom stereocenters. The third-order valence-electron chi connectivity index (χ3n) is 9.03. The Labute approximate surface area is 269 Å². The summed E-state index contributed by atoms with van der Waals surface area (Å²) in [6.45, 7) is 7.36. The van der Waals surface area contributed by atoms with Crippen molar-refractivity contribution in [3.8, 4) is 23.0 Å². The van der Waals surface area contributed by atoms with Crippen LogP contribution in [0, 0.1) is 5.92 Å². The second-order valence-corrected chi connectivity index (χ2v) is 12.2. The molecule has 1 N–H and O–H groups in total. The van der Waals surface area contributed by atoms with E-state index >= 15 is 4.39 Å². The molecular formula is C35H43FN6O4. The number of unbranched alkanes of at least 4 members (excludes halogenated alkanes) is 1. The number of anilines is 1. The first-order chi connectivity index (χ1) is 22.4. The van der Waals surface area contributed by atoms with Crippen LogP contribution in [-0.4, -0.2) is 94.4 Å². The number of nitrogens with zero attached hydrogens (tertiary/aromatic N) is 6. The van der Waals surface area contributed by atoms with Crippen LogP contribution in [0.15, 0.2) is 60.7 Å². The normalized spacial score (nSPS) is 19.0.